The number of rotatable bonds is 1. The molecule has 0 amide bonds. The maximum Gasteiger partial charge on any atom is 0.420 e. The van der Waals surface area contributed by atoms with Crippen molar-refractivity contribution in [2.45, 2.75) is 12.7 Å². The van der Waals surface area contributed by atoms with Crippen LogP contribution in [0.5, 0.6) is 0 Å². The number of hydrogen-bond acceptors (Lipinski definition) is 2. The van der Waals surface area contributed by atoms with Gasteiger partial charge in [-0.3, -0.25) is 4.57 Å². The number of nitrogens with zero attached hydrogens (tertiary/aromatic N) is 1. The largest absolute Gasteiger partial charge is 0.420 e. The Morgan fingerprint density at radius 3 is 2.69 bits per heavy atom. The van der Waals surface area contributed by atoms with Gasteiger partial charge in [0.25, 0.3) is 0 Å². The predicted octanol–water partition coefficient (Wildman–Crippen LogP) is 2.76. The van der Waals surface area contributed by atoms with E-state index in [1.807, 2.05) is 22.6 Å². The van der Waals surface area contributed by atoms with Crippen molar-refractivity contribution in [1.82, 2.24) is 4.57 Å². The molecule has 3 nitrogen and oxygen atoms in total. The van der Waals surface area contributed by atoms with Crippen molar-refractivity contribution in [1.29, 1.82) is 0 Å². The van der Waals surface area contributed by atoms with Gasteiger partial charge in [-0.05, 0) is 40.8 Å². The molecule has 16 heavy (non-hydrogen) atoms. The maximum absolute atomic E-state index is 12.2. The summed E-state index contributed by atoms with van der Waals surface area (Å²) < 4.78 is 42.7. The quantitative estimate of drug-likeness (QED) is 0.747. The third-order valence-electron chi connectivity index (χ3n) is 1.97. The first-order valence-corrected chi connectivity index (χ1v) is 5.30. The zero-order valence-corrected chi connectivity index (χ0v) is 9.87. The van der Waals surface area contributed by atoms with E-state index in [-0.39, 0.29) is 11.1 Å². The number of oxazole rings is 1. The molecule has 0 fully saturated rings. The lowest BCUT2D eigenvalue weighted by atomic mass is 10.3. The minimum absolute atomic E-state index is 0.155. The summed E-state index contributed by atoms with van der Waals surface area (Å²) in [6, 6.07) is 4.57. The van der Waals surface area contributed by atoms with Crippen molar-refractivity contribution in [3.63, 3.8) is 0 Å². The molecule has 0 atom stereocenters. The Kier molecular flexibility index (Phi) is 2.72. The van der Waals surface area contributed by atoms with Gasteiger partial charge in [-0.15, -0.1) is 0 Å². The van der Waals surface area contributed by atoms with Gasteiger partial charge in [-0.2, -0.15) is 13.2 Å². The molecule has 0 saturated carbocycles. The molecule has 86 valence electrons. The molecule has 1 heterocycles. The molecule has 0 unspecified atom stereocenters. The molecule has 1 aromatic heterocycles. The van der Waals surface area contributed by atoms with Gasteiger partial charge in [0.15, 0.2) is 5.58 Å². The molecule has 0 aliphatic carbocycles. The molecule has 1 aromatic carbocycles. The molecule has 0 radical (unpaired) electrons. The Labute approximate surface area is 101 Å². The highest BCUT2D eigenvalue weighted by Gasteiger charge is 2.30. The van der Waals surface area contributed by atoms with E-state index in [0.717, 1.165) is 3.57 Å². The van der Waals surface area contributed by atoms with Crippen molar-refractivity contribution in [3.8, 4) is 0 Å². The Morgan fingerprint density at radius 1 is 1.38 bits per heavy atom. The fourth-order valence-corrected chi connectivity index (χ4v) is 1.83. The van der Waals surface area contributed by atoms with Crippen LogP contribution in [0, 0.1) is 3.57 Å². The average molecular weight is 343 g/mol. The summed E-state index contributed by atoms with van der Waals surface area (Å²) in [7, 11) is 0. The van der Waals surface area contributed by atoms with Crippen LogP contribution in [0.2, 0.25) is 0 Å². The highest BCUT2D eigenvalue weighted by atomic mass is 127. The molecule has 0 spiro atoms. The average Bonchev–Trinajstić information content (AvgIpc) is 2.40. The van der Waals surface area contributed by atoms with Gasteiger partial charge in [0.2, 0.25) is 0 Å². The van der Waals surface area contributed by atoms with E-state index < -0.39 is 18.5 Å². The Hall–Kier alpha value is -0.990. The third kappa shape index (κ3) is 2.23. The van der Waals surface area contributed by atoms with Crippen LogP contribution >= 0.6 is 22.6 Å². The molecular weight excluding hydrogens is 338 g/mol. The minimum Gasteiger partial charge on any atom is -0.408 e. The van der Waals surface area contributed by atoms with E-state index in [1.165, 1.54) is 12.1 Å². The standard InChI is InChI=1S/C9H5F3INO2/c10-9(11,12)4-14-6-2-1-5(13)3-7(6)16-8(14)15/h1-3H,4H2. The molecule has 2 aromatic rings. The molecule has 0 saturated heterocycles. The summed E-state index contributed by atoms with van der Waals surface area (Å²) in [4.78, 5) is 11.2. The first kappa shape index (κ1) is 11.5. The smallest absolute Gasteiger partial charge is 0.408 e. The van der Waals surface area contributed by atoms with Gasteiger partial charge >= 0.3 is 11.9 Å². The number of fused-ring (bicyclic) bond motifs is 1. The van der Waals surface area contributed by atoms with Crippen molar-refractivity contribution in [2.75, 3.05) is 0 Å². The predicted molar refractivity (Wildman–Crippen MR) is 59.2 cm³/mol. The van der Waals surface area contributed by atoms with Crippen LogP contribution in [0.3, 0.4) is 0 Å². The summed E-state index contributed by atoms with van der Waals surface area (Å²) in [5.74, 6) is -0.991. The third-order valence-corrected chi connectivity index (χ3v) is 2.64. The van der Waals surface area contributed by atoms with E-state index in [0.29, 0.717) is 4.57 Å². The SMILES string of the molecule is O=c1oc2cc(I)ccc2n1CC(F)(F)F. The summed E-state index contributed by atoms with van der Waals surface area (Å²) in [6.45, 7) is -1.33. The van der Waals surface area contributed by atoms with E-state index in [1.54, 1.807) is 6.07 Å². The van der Waals surface area contributed by atoms with Crippen molar-refractivity contribution >= 4 is 33.7 Å². The fraction of sp³-hybridized carbons (Fsp3) is 0.222. The number of benzene rings is 1. The van der Waals surface area contributed by atoms with Crippen LogP contribution in [-0.2, 0) is 6.54 Å². The first-order valence-electron chi connectivity index (χ1n) is 4.22. The lowest BCUT2D eigenvalue weighted by Crippen LogP contribution is -2.24. The fourth-order valence-electron chi connectivity index (χ4n) is 1.37. The zero-order chi connectivity index (χ0) is 11.9. The highest BCUT2D eigenvalue weighted by Crippen LogP contribution is 2.21. The van der Waals surface area contributed by atoms with E-state index in [4.69, 9.17) is 4.42 Å². The number of hydrogen-bond donors (Lipinski definition) is 0. The van der Waals surface area contributed by atoms with Gasteiger partial charge in [0, 0.05) is 3.57 Å². The molecule has 0 N–H and O–H groups in total. The first-order chi connectivity index (χ1) is 7.37. The van der Waals surface area contributed by atoms with Crippen LogP contribution in [-0.4, -0.2) is 10.7 Å². The van der Waals surface area contributed by atoms with Gasteiger partial charge in [0.05, 0.1) is 5.52 Å². The van der Waals surface area contributed by atoms with Gasteiger partial charge in [0.1, 0.15) is 6.54 Å². The lowest BCUT2D eigenvalue weighted by molar-refractivity contribution is -0.140. The monoisotopic (exact) mass is 343 g/mol. The second-order valence-corrected chi connectivity index (χ2v) is 4.43. The highest BCUT2D eigenvalue weighted by molar-refractivity contribution is 14.1. The molecule has 2 rings (SSSR count). The van der Waals surface area contributed by atoms with Crippen LogP contribution in [0.25, 0.3) is 11.1 Å². The maximum atomic E-state index is 12.2. The summed E-state index contributed by atoms with van der Waals surface area (Å²) in [5.41, 5.74) is 0.323. The van der Waals surface area contributed by atoms with Crippen LogP contribution in [0.15, 0.2) is 27.4 Å². The summed E-state index contributed by atoms with van der Waals surface area (Å²) in [5, 5.41) is 0. The zero-order valence-electron chi connectivity index (χ0n) is 7.71. The number of aromatic nitrogens is 1. The minimum atomic E-state index is -4.44. The Bertz CT molecular complexity index is 584. The van der Waals surface area contributed by atoms with Gasteiger partial charge < -0.3 is 4.42 Å². The van der Waals surface area contributed by atoms with Crippen LogP contribution in [0.4, 0.5) is 13.2 Å². The Balaban J connectivity index is 2.61. The molecule has 0 aliphatic heterocycles. The number of alkyl halides is 3. The normalized spacial score (nSPS) is 12.2. The number of halogens is 4. The van der Waals surface area contributed by atoms with Crippen LogP contribution < -0.4 is 5.76 Å². The van der Waals surface area contributed by atoms with Crippen molar-refractivity contribution in [3.05, 3.63) is 32.3 Å². The molecule has 0 bridgehead atoms. The molecule has 0 aliphatic rings. The summed E-state index contributed by atoms with van der Waals surface area (Å²) in [6.07, 6.45) is -4.44. The van der Waals surface area contributed by atoms with Crippen molar-refractivity contribution in [2.24, 2.45) is 0 Å². The molecular formula is C9H5F3INO2. The summed E-state index contributed by atoms with van der Waals surface area (Å²) >= 11 is 1.98. The topological polar surface area (TPSA) is 35.1 Å². The van der Waals surface area contributed by atoms with Gasteiger partial charge in [-0.1, -0.05) is 0 Å². The Morgan fingerprint density at radius 2 is 2.06 bits per heavy atom. The van der Waals surface area contributed by atoms with Gasteiger partial charge in [-0.25, -0.2) is 4.79 Å². The van der Waals surface area contributed by atoms with E-state index >= 15 is 0 Å². The second-order valence-electron chi connectivity index (χ2n) is 3.18. The van der Waals surface area contributed by atoms with Crippen LogP contribution in [0.1, 0.15) is 0 Å². The molecule has 7 heteroatoms. The van der Waals surface area contributed by atoms with E-state index in [9.17, 15) is 18.0 Å². The van der Waals surface area contributed by atoms with Crippen molar-refractivity contribution < 1.29 is 17.6 Å². The lowest BCUT2D eigenvalue weighted by Gasteiger charge is -2.05. The van der Waals surface area contributed by atoms with E-state index in [2.05, 4.69) is 0 Å². The second kappa shape index (κ2) is 3.79.